The number of carbonyl (C=O) groups is 1. The molecule has 3 heterocycles. The van der Waals surface area contributed by atoms with E-state index in [0.29, 0.717) is 25.2 Å². The molecule has 1 amide bonds. The summed E-state index contributed by atoms with van der Waals surface area (Å²) >= 11 is 3.51. The molecule has 0 unspecified atom stereocenters. The third-order valence-corrected chi connectivity index (χ3v) is 6.85. The van der Waals surface area contributed by atoms with Gasteiger partial charge in [0.25, 0.3) is 0 Å². The maximum atomic E-state index is 12.9. The number of aromatic nitrogens is 4. The van der Waals surface area contributed by atoms with Gasteiger partial charge in [0, 0.05) is 59.0 Å². The molecule has 7 nitrogen and oxygen atoms in total. The van der Waals surface area contributed by atoms with Crippen LogP contribution in [0.4, 0.5) is 0 Å². The Morgan fingerprint density at radius 2 is 1.89 bits per heavy atom. The molecule has 0 saturated carbocycles. The molecule has 0 fully saturated rings. The Hall–Kier alpha value is -3.49. The summed E-state index contributed by atoms with van der Waals surface area (Å²) in [5.41, 5.74) is 11.1. The van der Waals surface area contributed by atoms with Crippen LogP contribution in [0, 0.1) is 0 Å². The molecule has 0 aliphatic rings. The van der Waals surface area contributed by atoms with Crippen LogP contribution in [0.1, 0.15) is 30.8 Å². The third-order valence-electron chi connectivity index (χ3n) is 6.32. The van der Waals surface area contributed by atoms with Crippen LogP contribution in [0.2, 0.25) is 0 Å². The van der Waals surface area contributed by atoms with Crippen molar-refractivity contribution in [2.24, 2.45) is 5.73 Å². The molecule has 2 aromatic carbocycles. The van der Waals surface area contributed by atoms with E-state index in [1.165, 1.54) is 0 Å². The lowest BCUT2D eigenvalue weighted by Crippen LogP contribution is -2.42. The Bertz CT molecular complexity index is 1520. The average Bonchev–Trinajstić information content (AvgIpc) is 3.48. The minimum atomic E-state index is -0.822. The zero-order valence-corrected chi connectivity index (χ0v) is 21.3. The summed E-state index contributed by atoms with van der Waals surface area (Å²) in [5, 5.41) is 4.05. The fourth-order valence-corrected chi connectivity index (χ4v) is 4.49. The van der Waals surface area contributed by atoms with E-state index in [4.69, 9.17) is 15.7 Å². The van der Waals surface area contributed by atoms with Gasteiger partial charge in [-0.3, -0.25) is 4.79 Å². The van der Waals surface area contributed by atoms with E-state index < -0.39 is 5.41 Å². The summed E-state index contributed by atoms with van der Waals surface area (Å²) in [4.78, 5) is 26.2. The molecule has 0 radical (unpaired) electrons. The van der Waals surface area contributed by atoms with Gasteiger partial charge in [0.05, 0.1) is 22.5 Å². The van der Waals surface area contributed by atoms with Crippen molar-refractivity contribution in [1.82, 2.24) is 24.7 Å². The van der Waals surface area contributed by atoms with Gasteiger partial charge >= 0.3 is 0 Å². The number of H-pyrrole nitrogens is 1. The molecule has 0 spiro atoms. The summed E-state index contributed by atoms with van der Waals surface area (Å²) in [6, 6.07) is 16.3. The lowest BCUT2D eigenvalue weighted by Gasteiger charge is -2.21. The summed E-state index contributed by atoms with van der Waals surface area (Å²) in [6.07, 6.45) is 6.54. The molecule has 3 aromatic heterocycles. The number of aromatic amines is 1. The van der Waals surface area contributed by atoms with Crippen molar-refractivity contribution in [1.29, 1.82) is 0 Å². The SMILES string of the molecule is CC(C)(C(=O)NCCN)c1cn2cc(-c3ccc(Br)cc3)nc(Cc3c[nH]c4ccccc34)c2n1. The van der Waals surface area contributed by atoms with Crippen LogP contribution < -0.4 is 11.1 Å². The van der Waals surface area contributed by atoms with Crippen molar-refractivity contribution in [3.05, 3.63) is 88.5 Å². The van der Waals surface area contributed by atoms with Crippen LogP contribution in [0.5, 0.6) is 0 Å². The van der Waals surface area contributed by atoms with Crippen molar-refractivity contribution in [2.75, 3.05) is 13.1 Å². The molecule has 8 heteroatoms. The van der Waals surface area contributed by atoms with Crippen LogP contribution in [0.15, 0.2) is 71.6 Å². The lowest BCUT2D eigenvalue weighted by molar-refractivity contribution is -0.125. The molecule has 0 bridgehead atoms. The maximum absolute atomic E-state index is 12.9. The molecular weight excluding hydrogens is 504 g/mol. The summed E-state index contributed by atoms with van der Waals surface area (Å²) in [6.45, 7) is 4.57. The van der Waals surface area contributed by atoms with Gasteiger partial charge in [0.2, 0.25) is 5.91 Å². The van der Waals surface area contributed by atoms with Gasteiger partial charge in [-0.2, -0.15) is 0 Å². The normalized spacial score (nSPS) is 11.9. The zero-order valence-electron chi connectivity index (χ0n) is 19.7. The second-order valence-electron chi connectivity index (χ2n) is 9.14. The van der Waals surface area contributed by atoms with Crippen molar-refractivity contribution in [3.63, 3.8) is 0 Å². The summed E-state index contributed by atoms with van der Waals surface area (Å²) < 4.78 is 3.00. The van der Waals surface area contributed by atoms with Crippen LogP contribution >= 0.6 is 15.9 Å². The van der Waals surface area contributed by atoms with E-state index in [1.54, 1.807) is 0 Å². The Morgan fingerprint density at radius 3 is 2.66 bits per heavy atom. The highest BCUT2D eigenvalue weighted by atomic mass is 79.9. The molecular formula is C27H27BrN6O. The highest BCUT2D eigenvalue weighted by Gasteiger charge is 2.32. The first-order valence-electron chi connectivity index (χ1n) is 11.5. The molecule has 0 aliphatic carbocycles. The number of imidazole rings is 1. The number of nitrogens with zero attached hydrogens (tertiary/aromatic N) is 3. The first kappa shape index (κ1) is 23.3. The van der Waals surface area contributed by atoms with Crippen LogP contribution in [0.25, 0.3) is 27.8 Å². The number of halogens is 1. The highest BCUT2D eigenvalue weighted by molar-refractivity contribution is 9.10. The first-order valence-corrected chi connectivity index (χ1v) is 12.3. The summed E-state index contributed by atoms with van der Waals surface area (Å²) in [5.74, 6) is -0.106. The minimum Gasteiger partial charge on any atom is -0.361 e. The number of carbonyl (C=O) groups excluding carboxylic acids is 1. The Kier molecular flexibility index (Phi) is 6.17. The number of fused-ring (bicyclic) bond motifs is 2. The molecule has 35 heavy (non-hydrogen) atoms. The molecule has 5 aromatic rings. The average molecular weight is 531 g/mol. The second-order valence-corrected chi connectivity index (χ2v) is 10.1. The third kappa shape index (κ3) is 4.47. The van der Waals surface area contributed by atoms with E-state index in [2.05, 4.69) is 38.4 Å². The highest BCUT2D eigenvalue weighted by Crippen LogP contribution is 2.29. The number of rotatable bonds is 7. The summed E-state index contributed by atoms with van der Waals surface area (Å²) in [7, 11) is 0. The molecule has 5 rings (SSSR count). The standard InChI is InChI=1S/C27H27BrN6O/c1-27(2,26(35)30-12-11-29)24-16-34-15-23(17-7-9-19(28)10-8-17)32-22(25(34)33-24)13-18-14-31-21-6-4-3-5-20(18)21/h3-10,14-16,31H,11-13,29H2,1-2H3,(H,30,35). The second kappa shape index (κ2) is 9.28. The van der Waals surface area contributed by atoms with E-state index in [9.17, 15) is 4.79 Å². The van der Waals surface area contributed by atoms with E-state index >= 15 is 0 Å². The van der Waals surface area contributed by atoms with Crippen molar-refractivity contribution in [3.8, 4) is 11.3 Å². The Labute approximate surface area is 211 Å². The zero-order chi connectivity index (χ0) is 24.6. The number of amides is 1. The predicted molar refractivity (Wildman–Crippen MR) is 142 cm³/mol. The van der Waals surface area contributed by atoms with E-state index in [-0.39, 0.29) is 5.91 Å². The van der Waals surface area contributed by atoms with Gasteiger partial charge in [-0.15, -0.1) is 0 Å². The van der Waals surface area contributed by atoms with Crippen molar-refractivity contribution < 1.29 is 4.79 Å². The lowest BCUT2D eigenvalue weighted by atomic mass is 9.89. The van der Waals surface area contributed by atoms with Crippen LogP contribution in [-0.4, -0.2) is 38.3 Å². The maximum Gasteiger partial charge on any atom is 0.231 e. The van der Waals surface area contributed by atoms with Crippen LogP contribution in [-0.2, 0) is 16.6 Å². The number of hydrogen-bond donors (Lipinski definition) is 3. The number of benzene rings is 2. The Morgan fingerprint density at radius 1 is 1.11 bits per heavy atom. The molecule has 4 N–H and O–H groups in total. The van der Waals surface area contributed by atoms with Gasteiger partial charge in [-0.25, -0.2) is 9.97 Å². The number of para-hydroxylation sites is 1. The monoisotopic (exact) mass is 530 g/mol. The number of nitrogens with one attached hydrogen (secondary N) is 2. The predicted octanol–water partition coefficient (Wildman–Crippen LogP) is 4.58. The molecule has 0 aliphatic heterocycles. The van der Waals surface area contributed by atoms with Crippen LogP contribution in [0.3, 0.4) is 0 Å². The fourth-order valence-electron chi connectivity index (χ4n) is 4.22. The Balaban J connectivity index is 1.64. The van der Waals surface area contributed by atoms with Gasteiger partial charge in [0.15, 0.2) is 5.65 Å². The van der Waals surface area contributed by atoms with E-state index in [1.807, 2.05) is 73.2 Å². The number of nitrogens with two attached hydrogens (primary N) is 1. The van der Waals surface area contributed by atoms with Gasteiger partial charge in [0.1, 0.15) is 0 Å². The molecule has 178 valence electrons. The largest absolute Gasteiger partial charge is 0.361 e. The van der Waals surface area contributed by atoms with Crippen molar-refractivity contribution in [2.45, 2.75) is 25.7 Å². The topological polar surface area (TPSA) is 101 Å². The quantitative estimate of drug-likeness (QED) is 0.286. The van der Waals surface area contributed by atoms with Gasteiger partial charge in [-0.05, 0) is 37.6 Å². The first-order chi connectivity index (χ1) is 16.9. The van der Waals surface area contributed by atoms with Gasteiger partial charge in [-0.1, -0.05) is 46.3 Å². The van der Waals surface area contributed by atoms with Crippen molar-refractivity contribution >= 4 is 38.4 Å². The number of hydrogen-bond acceptors (Lipinski definition) is 4. The minimum absolute atomic E-state index is 0.106. The van der Waals surface area contributed by atoms with E-state index in [0.717, 1.165) is 43.5 Å². The smallest absolute Gasteiger partial charge is 0.231 e. The van der Waals surface area contributed by atoms with Gasteiger partial charge < -0.3 is 20.4 Å². The molecule has 0 atom stereocenters. The fraction of sp³-hybridized carbons (Fsp3) is 0.222. The molecule has 0 saturated heterocycles.